The molecule has 0 atom stereocenters. The first kappa shape index (κ1) is 12.5. The van der Waals surface area contributed by atoms with Crippen LogP contribution in [0, 0.1) is 0 Å². The smallest absolute Gasteiger partial charge is 0.268 e. The molecule has 100 valence electrons. The van der Waals surface area contributed by atoms with E-state index in [1.807, 2.05) is 5.51 Å². The van der Waals surface area contributed by atoms with Crippen LogP contribution in [0.15, 0.2) is 29.8 Å². The number of nitrogens with two attached hydrogens (primary N) is 1. The van der Waals surface area contributed by atoms with Gasteiger partial charge in [0.25, 0.3) is 0 Å². The molecular weight excluding hydrogens is 254 g/mol. The van der Waals surface area contributed by atoms with E-state index in [-0.39, 0.29) is 5.41 Å². The maximum Gasteiger partial charge on any atom is 0.320 e. The number of para-hydroxylation sites is 1. The van der Waals surface area contributed by atoms with E-state index < -0.39 is 0 Å². The van der Waals surface area contributed by atoms with Crippen molar-refractivity contribution in [2.45, 2.75) is 39.2 Å². The Morgan fingerprint density at radius 3 is 2.63 bits per heavy atom. The fraction of sp³-hybridized carbons (Fsp3) is 0.400. The van der Waals surface area contributed by atoms with Gasteiger partial charge in [-0.15, -0.1) is 4.68 Å². The summed E-state index contributed by atoms with van der Waals surface area (Å²) < 4.78 is 1.76. The fourth-order valence-corrected chi connectivity index (χ4v) is 3.99. The summed E-state index contributed by atoms with van der Waals surface area (Å²) in [6.45, 7) is 8.96. The van der Waals surface area contributed by atoms with Gasteiger partial charge >= 0.3 is 5.82 Å². The second kappa shape index (κ2) is 3.97. The maximum atomic E-state index is 6.15. The maximum absolute atomic E-state index is 6.15. The molecule has 19 heavy (non-hydrogen) atoms. The van der Waals surface area contributed by atoms with Crippen LogP contribution in [-0.4, -0.2) is 6.04 Å². The van der Waals surface area contributed by atoms with E-state index in [1.165, 1.54) is 16.1 Å². The van der Waals surface area contributed by atoms with E-state index >= 15 is 0 Å². The van der Waals surface area contributed by atoms with Gasteiger partial charge in [-0.2, -0.15) is 0 Å². The first-order valence-electron chi connectivity index (χ1n) is 6.62. The third-order valence-electron chi connectivity index (χ3n) is 3.88. The van der Waals surface area contributed by atoms with Crippen molar-refractivity contribution >= 4 is 22.8 Å². The first-order valence-corrected chi connectivity index (χ1v) is 7.50. The average molecular weight is 274 g/mol. The SMILES string of the molecule is CC(C)N1c2ccccc2C(C)(C)c2sc[n+](N)c21. The van der Waals surface area contributed by atoms with E-state index in [2.05, 4.69) is 56.9 Å². The van der Waals surface area contributed by atoms with Gasteiger partial charge in [0.1, 0.15) is 10.6 Å². The molecule has 1 aromatic carbocycles. The van der Waals surface area contributed by atoms with Crippen LogP contribution in [0.1, 0.15) is 38.1 Å². The van der Waals surface area contributed by atoms with Gasteiger partial charge in [-0.25, -0.2) is 4.90 Å². The summed E-state index contributed by atoms with van der Waals surface area (Å²) in [7, 11) is 0. The Labute approximate surface area is 118 Å². The summed E-state index contributed by atoms with van der Waals surface area (Å²) >= 11 is 1.74. The van der Waals surface area contributed by atoms with Crippen molar-refractivity contribution in [2.75, 3.05) is 10.7 Å². The first-order chi connectivity index (χ1) is 8.94. The van der Waals surface area contributed by atoms with Crippen molar-refractivity contribution in [1.29, 1.82) is 0 Å². The molecule has 0 saturated heterocycles. The van der Waals surface area contributed by atoms with Crippen LogP contribution in [0.25, 0.3) is 0 Å². The van der Waals surface area contributed by atoms with Crippen molar-refractivity contribution in [3.63, 3.8) is 0 Å². The lowest BCUT2D eigenvalue weighted by molar-refractivity contribution is -0.621. The molecule has 0 fully saturated rings. The molecule has 0 bridgehead atoms. The topological polar surface area (TPSA) is 33.1 Å². The van der Waals surface area contributed by atoms with E-state index in [0.717, 1.165) is 5.82 Å². The van der Waals surface area contributed by atoms with Gasteiger partial charge in [0.05, 0.1) is 6.04 Å². The van der Waals surface area contributed by atoms with Gasteiger partial charge in [0.2, 0.25) is 0 Å². The van der Waals surface area contributed by atoms with Gasteiger partial charge in [0.15, 0.2) is 5.51 Å². The molecule has 3 rings (SSSR count). The third kappa shape index (κ3) is 1.59. The highest BCUT2D eigenvalue weighted by molar-refractivity contribution is 7.10. The summed E-state index contributed by atoms with van der Waals surface area (Å²) in [5.74, 6) is 7.28. The lowest BCUT2D eigenvalue weighted by atomic mass is 9.79. The van der Waals surface area contributed by atoms with E-state index in [1.54, 1.807) is 16.0 Å². The molecule has 2 heterocycles. The zero-order chi connectivity index (χ0) is 13.8. The Morgan fingerprint density at radius 1 is 1.26 bits per heavy atom. The summed E-state index contributed by atoms with van der Waals surface area (Å²) in [6.07, 6.45) is 0. The number of thiazole rings is 1. The molecule has 0 unspecified atom stereocenters. The van der Waals surface area contributed by atoms with Gasteiger partial charge in [-0.1, -0.05) is 43.4 Å². The average Bonchev–Trinajstić information content (AvgIpc) is 2.73. The fourth-order valence-electron chi connectivity index (χ4n) is 2.96. The predicted octanol–water partition coefficient (Wildman–Crippen LogP) is 2.94. The lowest BCUT2D eigenvalue weighted by Gasteiger charge is -2.35. The second-order valence-corrected chi connectivity index (χ2v) is 6.74. The highest BCUT2D eigenvalue weighted by Gasteiger charge is 2.45. The van der Waals surface area contributed by atoms with Crippen LogP contribution in [0.4, 0.5) is 11.5 Å². The zero-order valence-electron chi connectivity index (χ0n) is 11.8. The number of aromatic nitrogens is 1. The Balaban J connectivity index is 2.35. The van der Waals surface area contributed by atoms with Crippen LogP contribution < -0.4 is 15.4 Å². The third-order valence-corrected chi connectivity index (χ3v) is 5.14. The van der Waals surface area contributed by atoms with Crippen molar-refractivity contribution in [2.24, 2.45) is 0 Å². The monoisotopic (exact) mass is 274 g/mol. The number of anilines is 2. The Hall–Kier alpha value is -1.55. The number of benzene rings is 1. The largest absolute Gasteiger partial charge is 0.320 e. The molecule has 4 heteroatoms. The van der Waals surface area contributed by atoms with E-state index in [0.29, 0.717) is 6.04 Å². The van der Waals surface area contributed by atoms with Crippen LogP contribution in [0.5, 0.6) is 0 Å². The number of fused-ring (bicyclic) bond motifs is 2. The van der Waals surface area contributed by atoms with Crippen molar-refractivity contribution in [3.8, 4) is 0 Å². The number of nitrogens with zero attached hydrogens (tertiary/aromatic N) is 2. The molecule has 2 aromatic rings. The van der Waals surface area contributed by atoms with E-state index in [4.69, 9.17) is 5.84 Å². The Morgan fingerprint density at radius 2 is 1.95 bits per heavy atom. The molecule has 0 spiro atoms. The van der Waals surface area contributed by atoms with Gasteiger partial charge in [-0.05, 0) is 19.9 Å². The molecule has 1 aromatic heterocycles. The number of hydrogen-bond donors (Lipinski definition) is 1. The zero-order valence-corrected chi connectivity index (χ0v) is 12.7. The van der Waals surface area contributed by atoms with E-state index in [9.17, 15) is 0 Å². The van der Waals surface area contributed by atoms with Gasteiger partial charge in [-0.3, -0.25) is 5.84 Å². The Bertz CT molecular complexity index is 628. The molecule has 0 amide bonds. The van der Waals surface area contributed by atoms with Crippen LogP contribution in [-0.2, 0) is 5.41 Å². The summed E-state index contributed by atoms with van der Waals surface area (Å²) in [5, 5.41) is 0. The lowest BCUT2D eigenvalue weighted by Crippen LogP contribution is -2.50. The molecule has 2 N–H and O–H groups in total. The summed E-state index contributed by atoms with van der Waals surface area (Å²) in [4.78, 5) is 3.68. The van der Waals surface area contributed by atoms with Crippen molar-refractivity contribution in [1.82, 2.24) is 0 Å². The molecule has 1 aliphatic rings. The minimum atomic E-state index is 0.00655. The highest BCUT2D eigenvalue weighted by atomic mass is 32.1. The van der Waals surface area contributed by atoms with Crippen molar-refractivity contribution < 1.29 is 4.68 Å². The van der Waals surface area contributed by atoms with Crippen molar-refractivity contribution in [3.05, 3.63) is 40.2 Å². The van der Waals surface area contributed by atoms with Gasteiger partial charge < -0.3 is 0 Å². The molecule has 0 aliphatic carbocycles. The normalized spacial score (nSPS) is 16.4. The minimum Gasteiger partial charge on any atom is -0.268 e. The standard InChI is InChI=1S/C15H20N3S/c1-10(2)18-12-8-6-5-7-11(12)15(3,4)13-14(18)17(16)9-19-13/h5-10H,16H2,1-4H3/q+1. The number of rotatable bonds is 1. The summed E-state index contributed by atoms with van der Waals surface area (Å²) in [6, 6.07) is 9.02. The number of hydrogen-bond acceptors (Lipinski definition) is 3. The van der Waals surface area contributed by atoms with Crippen LogP contribution in [0.3, 0.4) is 0 Å². The molecule has 3 nitrogen and oxygen atoms in total. The molecule has 0 saturated carbocycles. The highest BCUT2D eigenvalue weighted by Crippen LogP contribution is 2.49. The van der Waals surface area contributed by atoms with Crippen LogP contribution >= 0.6 is 11.3 Å². The molecular formula is C15H20N3S+. The second-order valence-electron chi connectivity index (χ2n) is 5.89. The predicted molar refractivity (Wildman–Crippen MR) is 80.5 cm³/mol. The number of nitrogen functional groups attached to an aromatic ring is 1. The molecule has 0 radical (unpaired) electrons. The van der Waals surface area contributed by atoms with Gasteiger partial charge in [0, 0.05) is 11.0 Å². The van der Waals surface area contributed by atoms with Crippen LogP contribution in [0.2, 0.25) is 0 Å². The molecule has 1 aliphatic heterocycles. The Kier molecular flexibility index (Phi) is 2.61. The summed E-state index contributed by atoms with van der Waals surface area (Å²) in [5.41, 5.74) is 4.64. The minimum absolute atomic E-state index is 0.00655. The quantitative estimate of drug-likeness (QED) is 0.640.